The van der Waals surface area contributed by atoms with Crippen molar-refractivity contribution in [1.29, 1.82) is 0 Å². The van der Waals surface area contributed by atoms with E-state index in [0.29, 0.717) is 4.90 Å². The molecule has 0 saturated carbocycles. The van der Waals surface area contributed by atoms with Crippen molar-refractivity contribution in [1.82, 2.24) is 0 Å². The lowest BCUT2D eigenvalue weighted by atomic mass is 10.1. The highest BCUT2D eigenvalue weighted by Crippen LogP contribution is 2.21. The van der Waals surface area contributed by atoms with Crippen molar-refractivity contribution < 1.29 is 18.1 Å². The van der Waals surface area contributed by atoms with E-state index in [1.165, 1.54) is 19.2 Å². The summed E-state index contributed by atoms with van der Waals surface area (Å²) in [7, 11) is -0.0649. The van der Waals surface area contributed by atoms with Gasteiger partial charge in [0, 0.05) is 4.90 Å². The minimum absolute atomic E-state index is 0.111. The number of carbonyl (C=O) groups is 1. The fourth-order valence-corrected chi connectivity index (χ4v) is 3.19. The van der Waals surface area contributed by atoms with Crippen LogP contribution in [0.15, 0.2) is 47.4 Å². The van der Waals surface area contributed by atoms with Gasteiger partial charge < -0.3 is 4.74 Å². The molecule has 1 unspecified atom stereocenters. The SMILES string of the molecule is COc1ccc(F)cc1C(=O)CS(=O)c1ccccc1C. The van der Waals surface area contributed by atoms with Crippen LogP contribution in [0.1, 0.15) is 15.9 Å². The van der Waals surface area contributed by atoms with Gasteiger partial charge in [0.1, 0.15) is 11.6 Å². The maximum Gasteiger partial charge on any atom is 0.179 e. The van der Waals surface area contributed by atoms with E-state index in [2.05, 4.69) is 0 Å². The quantitative estimate of drug-likeness (QED) is 0.797. The Labute approximate surface area is 125 Å². The average Bonchev–Trinajstić information content (AvgIpc) is 2.47. The number of aryl methyl sites for hydroxylation is 1. The summed E-state index contributed by atoms with van der Waals surface area (Å²) in [6.07, 6.45) is 0. The lowest BCUT2D eigenvalue weighted by molar-refractivity contribution is 0.101. The molecule has 0 aliphatic carbocycles. The topological polar surface area (TPSA) is 43.4 Å². The largest absolute Gasteiger partial charge is 0.496 e. The molecule has 0 fully saturated rings. The van der Waals surface area contributed by atoms with Crippen molar-refractivity contribution in [2.75, 3.05) is 12.9 Å². The molecule has 110 valence electrons. The minimum atomic E-state index is -1.47. The summed E-state index contributed by atoms with van der Waals surface area (Å²) in [4.78, 5) is 12.8. The van der Waals surface area contributed by atoms with Gasteiger partial charge >= 0.3 is 0 Å². The normalized spacial score (nSPS) is 12.0. The predicted octanol–water partition coefficient (Wildman–Crippen LogP) is 3.13. The summed E-state index contributed by atoms with van der Waals surface area (Å²) in [5, 5.41) is 0. The lowest BCUT2D eigenvalue weighted by Gasteiger charge is -2.08. The predicted molar refractivity (Wildman–Crippen MR) is 79.7 cm³/mol. The van der Waals surface area contributed by atoms with Gasteiger partial charge in [-0.1, -0.05) is 18.2 Å². The Kier molecular flexibility index (Phi) is 4.85. The Bertz CT molecular complexity index is 698. The van der Waals surface area contributed by atoms with E-state index in [-0.39, 0.29) is 17.1 Å². The smallest absolute Gasteiger partial charge is 0.179 e. The zero-order valence-electron chi connectivity index (χ0n) is 11.8. The molecule has 5 heteroatoms. The molecule has 3 nitrogen and oxygen atoms in total. The summed E-state index contributed by atoms with van der Waals surface area (Å²) in [5.41, 5.74) is 0.967. The van der Waals surface area contributed by atoms with Crippen LogP contribution in [0.25, 0.3) is 0 Å². The number of halogens is 1. The standard InChI is InChI=1S/C16H15FO3S/c1-11-5-3-4-6-16(11)21(19)10-14(18)13-9-12(17)7-8-15(13)20-2/h3-9H,10H2,1-2H3. The molecule has 0 heterocycles. The highest BCUT2D eigenvalue weighted by atomic mass is 32.2. The minimum Gasteiger partial charge on any atom is -0.496 e. The van der Waals surface area contributed by atoms with Crippen molar-refractivity contribution in [2.24, 2.45) is 0 Å². The van der Waals surface area contributed by atoms with Crippen molar-refractivity contribution in [2.45, 2.75) is 11.8 Å². The van der Waals surface area contributed by atoms with E-state index in [0.717, 1.165) is 11.6 Å². The summed E-state index contributed by atoms with van der Waals surface area (Å²) in [6.45, 7) is 1.83. The van der Waals surface area contributed by atoms with Crippen molar-refractivity contribution >= 4 is 16.6 Å². The molecule has 2 rings (SSSR count). The molecule has 21 heavy (non-hydrogen) atoms. The molecule has 2 aromatic carbocycles. The molecule has 0 amide bonds. The van der Waals surface area contributed by atoms with Gasteiger partial charge in [-0.2, -0.15) is 0 Å². The molecule has 0 saturated heterocycles. The van der Waals surface area contributed by atoms with Gasteiger partial charge in [-0.25, -0.2) is 4.39 Å². The number of rotatable bonds is 5. The van der Waals surface area contributed by atoms with E-state index in [1.807, 2.05) is 19.1 Å². The zero-order valence-corrected chi connectivity index (χ0v) is 12.6. The number of benzene rings is 2. The van der Waals surface area contributed by atoms with Gasteiger partial charge in [-0.05, 0) is 36.8 Å². The van der Waals surface area contributed by atoms with Crippen LogP contribution in [-0.4, -0.2) is 22.9 Å². The second kappa shape index (κ2) is 6.63. The lowest BCUT2D eigenvalue weighted by Crippen LogP contribution is -2.13. The number of Topliss-reactive ketones (excluding diaryl/α,β-unsaturated/α-hetero) is 1. The Morgan fingerprint density at radius 2 is 1.95 bits per heavy atom. The van der Waals surface area contributed by atoms with E-state index in [4.69, 9.17) is 4.74 Å². The first-order chi connectivity index (χ1) is 10.0. The Hall–Kier alpha value is -2.01. The van der Waals surface area contributed by atoms with Gasteiger partial charge in [-0.15, -0.1) is 0 Å². The van der Waals surface area contributed by atoms with Crippen LogP contribution >= 0.6 is 0 Å². The monoisotopic (exact) mass is 306 g/mol. The van der Waals surface area contributed by atoms with E-state index in [9.17, 15) is 13.4 Å². The molecule has 0 bridgehead atoms. The molecule has 1 atom stereocenters. The maximum atomic E-state index is 13.3. The summed E-state index contributed by atoms with van der Waals surface area (Å²) >= 11 is 0. The molecule has 0 aliphatic rings. The highest BCUT2D eigenvalue weighted by molar-refractivity contribution is 7.85. The number of ketones is 1. The Balaban J connectivity index is 2.24. The first-order valence-electron chi connectivity index (χ1n) is 6.33. The average molecular weight is 306 g/mol. The summed E-state index contributed by atoms with van der Waals surface area (Å²) in [6, 6.07) is 10.9. The number of carbonyl (C=O) groups excluding carboxylic acids is 1. The van der Waals surface area contributed by atoms with Crippen LogP contribution in [0.3, 0.4) is 0 Å². The van der Waals surface area contributed by atoms with Crippen LogP contribution in [0.2, 0.25) is 0 Å². The fraction of sp³-hybridized carbons (Fsp3) is 0.188. The highest BCUT2D eigenvalue weighted by Gasteiger charge is 2.18. The van der Waals surface area contributed by atoms with Crippen LogP contribution < -0.4 is 4.74 Å². The van der Waals surface area contributed by atoms with Gasteiger partial charge in [0.2, 0.25) is 0 Å². The summed E-state index contributed by atoms with van der Waals surface area (Å²) in [5.74, 6) is -0.859. The third-order valence-electron chi connectivity index (χ3n) is 3.06. The molecule has 0 spiro atoms. The molecular formula is C16H15FO3S. The second-order valence-electron chi connectivity index (χ2n) is 4.52. The van der Waals surface area contributed by atoms with E-state index < -0.39 is 22.4 Å². The summed E-state index contributed by atoms with van der Waals surface area (Å²) < 4.78 is 30.6. The Morgan fingerprint density at radius 3 is 2.62 bits per heavy atom. The number of ether oxygens (including phenoxy) is 1. The molecule has 0 aliphatic heterocycles. The molecule has 2 aromatic rings. The van der Waals surface area contributed by atoms with Crippen LogP contribution in [-0.2, 0) is 10.8 Å². The van der Waals surface area contributed by atoms with Crippen molar-refractivity contribution in [3.8, 4) is 5.75 Å². The van der Waals surface area contributed by atoms with Gasteiger partial charge in [0.25, 0.3) is 0 Å². The third kappa shape index (κ3) is 3.55. The molecular weight excluding hydrogens is 291 g/mol. The zero-order chi connectivity index (χ0) is 15.4. The number of methoxy groups -OCH3 is 1. The van der Waals surface area contributed by atoms with E-state index in [1.54, 1.807) is 12.1 Å². The van der Waals surface area contributed by atoms with Crippen molar-refractivity contribution in [3.63, 3.8) is 0 Å². The van der Waals surface area contributed by atoms with Crippen LogP contribution in [0.4, 0.5) is 4.39 Å². The van der Waals surface area contributed by atoms with Gasteiger partial charge in [0.05, 0.1) is 29.2 Å². The van der Waals surface area contributed by atoms with Gasteiger partial charge in [-0.3, -0.25) is 9.00 Å². The molecule has 0 radical (unpaired) electrons. The first-order valence-corrected chi connectivity index (χ1v) is 7.65. The molecule has 0 aromatic heterocycles. The Morgan fingerprint density at radius 1 is 1.24 bits per heavy atom. The second-order valence-corrected chi connectivity index (χ2v) is 5.94. The van der Waals surface area contributed by atoms with Crippen LogP contribution in [0, 0.1) is 12.7 Å². The van der Waals surface area contributed by atoms with Crippen molar-refractivity contribution in [3.05, 3.63) is 59.4 Å². The van der Waals surface area contributed by atoms with E-state index >= 15 is 0 Å². The maximum absolute atomic E-state index is 13.3. The van der Waals surface area contributed by atoms with Gasteiger partial charge in [0.15, 0.2) is 5.78 Å². The number of hydrogen-bond acceptors (Lipinski definition) is 3. The molecule has 0 N–H and O–H groups in total. The number of hydrogen-bond donors (Lipinski definition) is 0. The first kappa shape index (κ1) is 15.4. The fourth-order valence-electron chi connectivity index (χ4n) is 1.98. The van der Waals surface area contributed by atoms with Crippen LogP contribution in [0.5, 0.6) is 5.75 Å². The third-order valence-corrected chi connectivity index (χ3v) is 4.54.